The summed E-state index contributed by atoms with van der Waals surface area (Å²) in [6.45, 7) is 7.50. The summed E-state index contributed by atoms with van der Waals surface area (Å²) in [5.74, 6) is -0.256. The fourth-order valence-corrected chi connectivity index (χ4v) is 3.26. The molecule has 0 unspecified atom stereocenters. The third-order valence-electron chi connectivity index (χ3n) is 5.03. The Kier molecular flexibility index (Phi) is 9.94. The summed E-state index contributed by atoms with van der Waals surface area (Å²) in [6, 6.07) is 12.7. The first-order chi connectivity index (χ1) is 15.7. The summed E-state index contributed by atoms with van der Waals surface area (Å²) in [7, 11) is 0. The number of carbonyl (C=O) groups is 1. The minimum atomic E-state index is -4.79. The van der Waals surface area contributed by atoms with Gasteiger partial charge < -0.3 is 15.5 Å². The van der Waals surface area contributed by atoms with E-state index in [1.165, 1.54) is 24.3 Å². The molecule has 0 radical (unpaired) electrons. The van der Waals surface area contributed by atoms with Crippen LogP contribution in [-0.4, -0.2) is 48.9 Å². The number of para-hydroxylation sites is 1. The van der Waals surface area contributed by atoms with Crippen LogP contribution >= 0.6 is 11.6 Å². The number of anilines is 1. The van der Waals surface area contributed by atoms with Gasteiger partial charge in [0.1, 0.15) is 5.71 Å². The molecule has 9 heteroatoms. The molecule has 2 rings (SSSR count). The molecule has 33 heavy (non-hydrogen) atoms. The van der Waals surface area contributed by atoms with E-state index in [-0.39, 0.29) is 11.6 Å². The van der Waals surface area contributed by atoms with Gasteiger partial charge in [-0.3, -0.25) is 10.2 Å². The van der Waals surface area contributed by atoms with E-state index < -0.39 is 11.9 Å². The topological polar surface area (TPSA) is 68.2 Å². The first kappa shape index (κ1) is 26.4. The van der Waals surface area contributed by atoms with Crippen molar-refractivity contribution in [1.29, 1.82) is 5.41 Å². The fraction of sp³-hybridized carbons (Fsp3) is 0.333. The molecule has 0 aromatic heterocycles. The van der Waals surface area contributed by atoms with E-state index in [0.717, 1.165) is 26.1 Å². The number of amides is 1. The van der Waals surface area contributed by atoms with Gasteiger partial charge in [-0.1, -0.05) is 49.7 Å². The van der Waals surface area contributed by atoms with Crippen molar-refractivity contribution in [1.82, 2.24) is 10.2 Å². The maximum atomic E-state index is 13.0. The average molecular weight is 481 g/mol. The number of carbonyl (C=O) groups excluding carboxylic acids is 1. The maximum absolute atomic E-state index is 13.0. The summed E-state index contributed by atoms with van der Waals surface area (Å²) in [4.78, 5) is 14.7. The highest BCUT2D eigenvalue weighted by Crippen LogP contribution is 2.27. The van der Waals surface area contributed by atoms with Gasteiger partial charge in [-0.25, -0.2) is 0 Å². The van der Waals surface area contributed by atoms with Crippen molar-refractivity contribution in [3.63, 3.8) is 0 Å². The predicted molar refractivity (Wildman–Crippen MR) is 128 cm³/mol. The largest absolute Gasteiger partial charge is 0.432 e. The first-order valence-corrected chi connectivity index (χ1v) is 11.0. The second-order valence-electron chi connectivity index (χ2n) is 7.29. The third-order valence-corrected chi connectivity index (χ3v) is 5.36. The Balaban J connectivity index is 2.15. The lowest BCUT2D eigenvalue weighted by Crippen LogP contribution is -2.29. The molecule has 0 fully saturated rings. The Hall–Kier alpha value is -2.84. The van der Waals surface area contributed by atoms with Crippen LogP contribution in [0.1, 0.15) is 36.2 Å². The normalized spacial score (nSPS) is 12.0. The van der Waals surface area contributed by atoms with Crippen molar-refractivity contribution >= 4 is 34.6 Å². The van der Waals surface area contributed by atoms with Crippen LogP contribution in [0.3, 0.4) is 0 Å². The molecule has 0 aliphatic carbocycles. The van der Waals surface area contributed by atoms with E-state index in [4.69, 9.17) is 17.0 Å². The van der Waals surface area contributed by atoms with Crippen molar-refractivity contribution < 1.29 is 18.0 Å². The van der Waals surface area contributed by atoms with Crippen LogP contribution in [0.5, 0.6) is 0 Å². The van der Waals surface area contributed by atoms with E-state index in [1.807, 2.05) is 0 Å². The third kappa shape index (κ3) is 8.22. The van der Waals surface area contributed by atoms with Gasteiger partial charge in [0.25, 0.3) is 5.91 Å². The minimum Gasteiger partial charge on any atom is -0.354 e. The van der Waals surface area contributed by atoms with Crippen LogP contribution in [0.2, 0.25) is 5.02 Å². The number of nitrogens with zero attached hydrogens (tertiary/aromatic N) is 1. The highest BCUT2D eigenvalue weighted by Gasteiger charge is 2.33. The van der Waals surface area contributed by atoms with Crippen LogP contribution in [0, 0.1) is 5.41 Å². The van der Waals surface area contributed by atoms with Crippen molar-refractivity contribution in [3.8, 4) is 0 Å². The lowest BCUT2D eigenvalue weighted by molar-refractivity contribution is -0.0583. The quantitative estimate of drug-likeness (QED) is 0.280. The second-order valence-corrected chi connectivity index (χ2v) is 7.70. The highest BCUT2D eigenvalue weighted by molar-refractivity contribution is 6.33. The molecule has 0 spiro atoms. The van der Waals surface area contributed by atoms with Crippen LogP contribution in [0.15, 0.2) is 54.6 Å². The van der Waals surface area contributed by atoms with Gasteiger partial charge in [0.15, 0.2) is 0 Å². The molecule has 0 saturated carbocycles. The van der Waals surface area contributed by atoms with E-state index in [9.17, 15) is 18.0 Å². The Labute approximate surface area is 197 Å². The van der Waals surface area contributed by atoms with Gasteiger partial charge in [-0.05, 0) is 62.0 Å². The molecule has 2 aromatic rings. The molecule has 0 aliphatic heterocycles. The number of benzene rings is 2. The zero-order chi connectivity index (χ0) is 24.4. The number of halogens is 4. The summed E-state index contributed by atoms with van der Waals surface area (Å²) in [6.07, 6.45) is -3.27. The van der Waals surface area contributed by atoms with E-state index in [0.29, 0.717) is 34.5 Å². The lowest BCUT2D eigenvalue weighted by Gasteiger charge is -2.17. The van der Waals surface area contributed by atoms with Crippen LogP contribution in [0.25, 0.3) is 5.70 Å². The molecule has 0 bridgehead atoms. The van der Waals surface area contributed by atoms with Crippen molar-refractivity contribution in [2.24, 2.45) is 0 Å². The van der Waals surface area contributed by atoms with Crippen LogP contribution in [0.4, 0.5) is 18.9 Å². The predicted octanol–water partition coefficient (Wildman–Crippen LogP) is 5.84. The summed E-state index contributed by atoms with van der Waals surface area (Å²) in [5.41, 5.74) is -0.300. The van der Waals surface area contributed by atoms with Crippen LogP contribution < -0.4 is 10.6 Å². The SMILES string of the molecule is CCN(CC)CCCNC(=O)c1ccc(/C(=C/C(=N)C(F)(F)F)Nc2ccccc2Cl)cc1. The first-order valence-electron chi connectivity index (χ1n) is 10.7. The average Bonchev–Trinajstić information content (AvgIpc) is 2.79. The van der Waals surface area contributed by atoms with Crippen molar-refractivity contribution in [2.45, 2.75) is 26.4 Å². The summed E-state index contributed by atoms with van der Waals surface area (Å²) < 4.78 is 38.9. The minimum absolute atomic E-state index is 0.0385. The molecule has 3 N–H and O–H groups in total. The second kappa shape index (κ2) is 12.4. The number of hydrogen-bond acceptors (Lipinski definition) is 4. The van der Waals surface area contributed by atoms with Crippen LogP contribution in [-0.2, 0) is 0 Å². The summed E-state index contributed by atoms with van der Waals surface area (Å²) >= 11 is 6.13. The number of allylic oxidation sites excluding steroid dienone is 1. The number of alkyl halides is 3. The molecular formula is C24H28ClF3N4O. The molecule has 0 aliphatic rings. The maximum Gasteiger partial charge on any atom is 0.432 e. The van der Waals surface area contributed by atoms with Gasteiger partial charge >= 0.3 is 6.18 Å². The van der Waals surface area contributed by atoms with E-state index in [1.54, 1.807) is 24.3 Å². The fourth-order valence-electron chi connectivity index (χ4n) is 3.07. The van der Waals surface area contributed by atoms with E-state index in [2.05, 4.69) is 29.4 Å². The molecule has 5 nitrogen and oxygen atoms in total. The smallest absolute Gasteiger partial charge is 0.354 e. The number of hydrogen-bond donors (Lipinski definition) is 3. The van der Waals surface area contributed by atoms with E-state index >= 15 is 0 Å². The Morgan fingerprint density at radius 2 is 1.67 bits per heavy atom. The molecule has 178 valence electrons. The molecule has 2 aromatic carbocycles. The highest BCUT2D eigenvalue weighted by atomic mass is 35.5. The van der Waals surface area contributed by atoms with Gasteiger partial charge in [0, 0.05) is 17.8 Å². The zero-order valence-electron chi connectivity index (χ0n) is 18.6. The molecule has 0 atom stereocenters. The zero-order valence-corrected chi connectivity index (χ0v) is 19.4. The standard InChI is InChI=1S/C24H28ClF3N4O/c1-3-32(4-2)15-7-14-30-23(33)18-12-10-17(11-13-18)21(16-22(29)24(26,27)28)31-20-9-6-5-8-19(20)25/h5-6,8-13,16,29,31H,3-4,7,14-15H2,1-2H3,(H,30,33)/b21-16-,29-22?. The molecule has 0 saturated heterocycles. The Morgan fingerprint density at radius 3 is 2.24 bits per heavy atom. The lowest BCUT2D eigenvalue weighted by atomic mass is 10.1. The molecule has 1 amide bonds. The number of nitrogens with one attached hydrogen (secondary N) is 3. The van der Waals surface area contributed by atoms with Crippen molar-refractivity contribution in [2.75, 3.05) is 31.5 Å². The Morgan fingerprint density at radius 1 is 1.06 bits per heavy atom. The van der Waals surface area contributed by atoms with Gasteiger partial charge in [0.05, 0.1) is 10.7 Å². The van der Waals surface area contributed by atoms with Gasteiger partial charge in [-0.15, -0.1) is 0 Å². The van der Waals surface area contributed by atoms with Gasteiger partial charge in [0.2, 0.25) is 0 Å². The molecule has 0 heterocycles. The monoisotopic (exact) mass is 480 g/mol. The van der Waals surface area contributed by atoms with Crippen molar-refractivity contribution in [3.05, 3.63) is 70.8 Å². The molecular weight excluding hydrogens is 453 g/mol. The Bertz CT molecular complexity index is 970. The van der Waals surface area contributed by atoms with Gasteiger partial charge in [-0.2, -0.15) is 13.2 Å². The summed E-state index contributed by atoms with van der Waals surface area (Å²) in [5, 5.41) is 13.4. The number of rotatable bonds is 11.